The number of benzene rings is 2. The number of anilines is 2. The highest BCUT2D eigenvalue weighted by Crippen LogP contribution is 2.39. The minimum absolute atomic E-state index is 0.0227. The van der Waals surface area contributed by atoms with Crippen molar-refractivity contribution in [2.24, 2.45) is 11.8 Å². The molecule has 6 amide bonds. The standard InChI is InChI=1S/C63H89N13O6S2/c1-40(64-5)54(77)68-52(46-28-16-10-17-29-46)62(81)75-38-20-32-48(75)56(79)72-60-50(44-24-12-8-13-25-44)70-58(83-60)42(3)66-34-22-36-74(7)37-23-35-67-43(4)59-71-51(45-26-14-9-15-27-45)61(84-59)73-57(80)49-33-21-39-76(49)63(82)53(47-30-18-11-19-31-47)69-55(78)41(2)65-6/h8-9,12-15,24-27,40-41,46-49,52-53,64-67H,3-4,10-11,16-23,28-39H2,1-2,5-7H3,(H,68,77)(H,69,78)(H,72,79)(H,73,80)/t40-,41-,48-,49?,52-,53-/m0/s1. The van der Waals surface area contributed by atoms with Crippen molar-refractivity contribution in [1.29, 1.82) is 0 Å². The van der Waals surface area contributed by atoms with E-state index in [2.05, 4.69) is 67.6 Å². The molecular formula is C63H89N13O6S2. The summed E-state index contributed by atoms with van der Waals surface area (Å²) in [7, 11) is 5.54. The van der Waals surface area contributed by atoms with E-state index in [1.807, 2.05) is 60.7 Å². The summed E-state index contributed by atoms with van der Waals surface area (Å²) in [5.74, 6) is -1.32. The summed E-state index contributed by atoms with van der Waals surface area (Å²) in [6, 6.07) is 15.8. The van der Waals surface area contributed by atoms with E-state index in [0.29, 0.717) is 94.7 Å². The monoisotopic (exact) mass is 1190 g/mol. The van der Waals surface area contributed by atoms with Gasteiger partial charge in [-0.25, -0.2) is 9.97 Å². The third kappa shape index (κ3) is 16.5. The minimum atomic E-state index is -0.684. The van der Waals surface area contributed by atoms with Gasteiger partial charge in [-0.15, -0.1) is 0 Å². The molecule has 2 aliphatic heterocycles. The number of rotatable bonds is 28. The number of thiazole rings is 2. The van der Waals surface area contributed by atoms with E-state index in [1.165, 1.54) is 22.7 Å². The second-order valence-electron chi connectivity index (χ2n) is 23.1. The number of likely N-dealkylation sites (N-methyl/N-ethyl adjacent to an activating group) is 2. The Hall–Kier alpha value is -6.52. The molecule has 2 saturated heterocycles. The molecule has 4 aliphatic rings. The molecule has 1 unspecified atom stereocenters. The van der Waals surface area contributed by atoms with Crippen LogP contribution in [-0.4, -0.2) is 157 Å². The smallest absolute Gasteiger partial charge is 0.247 e. The second kappa shape index (κ2) is 31.0. The van der Waals surface area contributed by atoms with Crippen LogP contribution in [0.2, 0.25) is 0 Å². The van der Waals surface area contributed by atoms with Gasteiger partial charge in [-0.2, -0.15) is 0 Å². The van der Waals surface area contributed by atoms with Crippen LogP contribution in [0.1, 0.15) is 127 Å². The molecule has 4 heterocycles. The molecule has 2 aromatic carbocycles. The molecular weight excluding hydrogens is 1100 g/mol. The van der Waals surface area contributed by atoms with Crippen LogP contribution in [0.3, 0.4) is 0 Å². The van der Waals surface area contributed by atoms with E-state index in [4.69, 9.17) is 9.97 Å². The van der Waals surface area contributed by atoms with Crippen LogP contribution < -0.4 is 42.5 Å². The van der Waals surface area contributed by atoms with Gasteiger partial charge >= 0.3 is 0 Å². The SMILES string of the molecule is C=C(NCCCN(C)CCCNC(=C)c1nc(-c2ccccc2)c(NC(=O)[C@@H]2CCCN2C(=O)[C@@H](NC(=O)[C@H](C)NC)C2CCCCC2)s1)c1nc(-c2ccccc2)c(NC(=O)C2CCCN2C(=O)[C@@H](NC(=O)[C@H](C)NC)C2CCCCC2)s1. The van der Waals surface area contributed by atoms with Crippen molar-refractivity contribution in [3.63, 3.8) is 0 Å². The van der Waals surface area contributed by atoms with Gasteiger partial charge in [0.2, 0.25) is 35.4 Å². The van der Waals surface area contributed by atoms with Crippen molar-refractivity contribution in [3.05, 3.63) is 83.8 Å². The number of aromatic nitrogens is 2. The lowest BCUT2D eigenvalue weighted by Gasteiger charge is -2.35. The molecule has 0 radical (unpaired) electrons. The van der Waals surface area contributed by atoms with Crippen LogP contribution in [-0.2, 0) is 28.8 Å². The lowest BCUT2D eigenvalue weighted by Crippen LogP contribution is -2.57. The highest BCUT2D eigenvalue weighted by atomic mass is 32.1. The van der Waals surface area contributed by atoms with E-state index < -0.39 is 36.3 Å². The molecule has 2 aromatic heterocycles. The molecule has 2 saturated carbocycles. The fourth-order valence-electron chi connectivity index (χ4n) is 12.0. The lowest BCUT2D eigenvalue weighted by molar-refractivity contribution is -0.142. The molecule has 2 aliphatic carbocycles. The molecule has 8 rings (SSSR count). The highest BCUT2D eigenvalue weighted by molar-refractivity contribution is 7.17. The van der Waals surface area contributed by atoms with Gasteiger partial charge in [-0.05, 0) is 124 Å². The van der Waals surface area contributed by atoms with Gasteiger partial charge in [0.05, 0.1) is 23.5 Å². The van der Waals surface area contributed by atoms with Crippen LogP contribution in [0.25, 0.3) is 33.9 Å². The number of carbonyl (C=O) groups is 6. The average Bonchev–Trinajstić information content (AvgIpc) is 4.22. The summed E-state index contributed by atoms with van der Waals surface area (Å²) in [4.78, 5) is 99.2. The zero-order valence-electron chi connectivity index (χ0n) is 49.9. The molecule has 19 nitrogen and oxygen atoms in total. The summed E-state index contributed by atoms with van der Waals surface area (Å²) in [5.41, 5.74) is 4.27. The van der Waals surface area contributed by atoms with Crippen LogP contribution in [0.15, 0.2) is 73.8 Å². The number of hydrogen-bond donors (Lipinski definition) is 8. The Labute approximate surface area is 504 Å². The second-order valence-corrected chi connectivity index (χ2v) is 25.1. The Morgan fingerprint density at radius 2 is 0.952 bits per heavy atom. The zero-order chi connectivity index (χ0) is 59.7. The van der Waals surface area contributed by atoms with Gasteiger partial charge in [-0.1, -0.05) is 135 Å². The first-order chi connectivity index (χ1) is 40.6. The van der Waals surface area contributed by atoms with E-state index in [9.17, 15) is 28.8 Å². The number of hydrogen-bond acceptors (Lipinski definition) is 15. The first-order valence-electron chi connectivity index (χ1n) is 30.5. The Bertz CT molecular complexity index is 2700. The highest BCUT2D eigenvalue weighted by Gasteiger charge is 2.43. The van der Waals surface area contributed by atoms with Gasteiger partial charge in [0.25, 0.3) is 0 Å². The summed E-state index contributed by atoms with van der Waals surface area (Å²) >= 11 is 2.71. The van der Waals surface area contributed by atoms with E-state index >= 15 is 0 Å². The van der Waals surface area contributed by atoms with Gasteiger partial charge in [-0.3, -0.25) is 28.8 Å². The lowest BCUT2D eigenvalue weighted by atomic mass is 9.83. The molecule has 0 spiro atoms. The number of carbonyl (C=O) groups excluding carboxylic acids is 6. The van der Waals surface area contributed by atoms with Crippen LogP contribution in [0, 0.1) is 11.8 Å². The van der Waals surface area contributed by atoms with Crippen molar-refractivity contribution in [2.75, 3.05) is 71.0 Å². The number of likely N-dealkylation sites (tertiary alicyclic amines) is 2. The Morgan fingerprint density at radius 1 is 0.571 bits per heavy atom. The van der Waals surface area contributed by atoms with Crippen LogP contribution in [0.5, 0.6) is 0 Å². The van der Waals surface area contributed by atoms with E-state index in [0.717, 1.165) is 101 Å². The number of amides is 6. The van der Waals surface area contributed by atoms with E-state index in [1.54, 1.807) is 37.7 Å². The molecule has 4 fully saturated rings. The predicted octanol–water partition coefficient (Wildman–Crippen LogP) is 7.67. The molecule has 84 heavy (non-hydrogen) atoms. The van der Waals surface area contributed by atoms with Crippen molar-refractivity contribution >= 4 is 79.5 Å². The van der Waals surface area contributed by atoms with Gasteiger partial charge in [0, 0.05) is 37.3 Å². The van der Waals surface area contributed by atoms with Gasteiger partial charge < -0.3 is 57.2 Å². The van der Waals surface area contributed by atoms with Crippen LogP contribution >= 0.6 is 22.7 Å². The van der Waals surface area contributed by atoms with Gasteiger partial charge in [0.1, 0.15) is 55.6 Å². The number of nitrogens with zero attached hydrogens (tertiary/aromatic N) is 5. The molecule has 454 valence electrons. The summed E-state index contributed by atoms with van der Waals surface area (Å²) in [6.07, 6.45) is 13.8. The Morgan fingerprint density at radius 3 is 1.32 bits per heavy atom. The third-order valence-corrected chi connectivity index (χ3v) is 19.2. The summed E-state index contributed by atoms with van der Waals surface area (Å²) < 4.78 is 0. The van der Waals surface area contributed by atoms with Crippen molar-refractivity contribution in [3.8, 4) is 22.5 Å². The van der Waals surface area contributed by atoms with Crippen LogP contribution in [0.4, 0.5) is 10.0 Å². The molecule has 6 atom stereocenters. The zero-order valence-corrected chi connectivity index (χ0v) is 51.5. The summed E-state index contributed by atoms with van der Waals surface area (Å²) in [5, 5.41) is 27.8. The largest absolute Gasteiger partial charge is 0.383 e. The fraction of sp³-hybridized carbons (Fsp3) is 0.556. The average molecular weight is 1190 g/mol. The molecule has 0 bridgehead atoms. The minimum Gasteiger partial charge on any atom is -0.383 e. The first kappa shape index (κ1) is 63.5. The maximum absolute atomic E-state index is 14.4. The normalized spacial score (nSPS) is 19.0. The van der Waals surface area contributed by atoms with E-state index in [-0.39, 0.29) is 47.3 Å². The first-order valence-corrected chi connectivity index (χ1v) is 32.1. The quantitative estimate of drug-likeness (QED) is 0.0256. The molecule has 8 N–H and O–H groups in total. The summed E-state index contributed by atoms with van der Waals surface area (Å²) in [6.45, 7) is 16.1. The van der Waals surface area contributed by atoms with Crippen molar-refractivity contribution in [2.45, 2.75) is 153 Å². The van der Waals surface area contributed by atoms with Crippen molar-refractivity contribution < 1.29 is 28.8 Å². The molecule has 4 aromatic rings. The Balaban J connectivity index is 0.819. The topological polar surface area (TPSA) is 234 Å². The predicted molar refractivity (Wildman–Crippen MR) is 337 cm³/mol. The molecule has 21 heteroatoms. The third-order valence-electron chi connectivity index (χ3n) is 17.1. The fourth-order valence-corrected chi connectivity index (χ4v) is 13.8. The van der Waals surface area contributed by atoms with Crippen molar-refractivity contribution in [1.82, 2.24) is 56.6 Å². The van der Waals surface area contributed by atoms with Gasteiger partial charge in [0.15, 0.2) is 0 Å². The number of nitrogens with one attached hydrogen (secondary N) is 8. The maximum atomic E-state index is 14.4. The maximum Gasteiger partial charge on any atom is 0.247 e. The Kier molecular flexibility index (Phi) is 23.5.